The molecule has 18 heavy (non-hydrogen) atoms. The van der Waals surface area contributed by atoms with Gasteiger partial charge in [0, 0.05) is 24.9 Å². The fourth-order valence-corrected chi connectivity index (χ4v) is 2.06. The van der Waals surface area contributed by atoms with Crippen molar-refractivity contribution in [3.63, 3.8) is 0 Å². The molecule has 1 aromatic heterocycles. The second kappa shape index (κ2) is 7.04. The van der Waals surface area contributed by atoms with Crippen LogP contribution < -0.4 is 0 Å². The number of rotatable bonds is 7. The number of alkyl halides is 3. The van der Waals surface area contributed by atoms with E-state index in [1.807, 2.05) is 6.26 Å². The molecule has 0 atom stereocenters. The van der Waals surface area contributed by atoms with Crippen LogP contribution in [0.2, 0.25) is 0 Å². The highest BCUT2D eigenvalue weighted by Gasteiger charge is 2.36. The van der Waals surface area contributed by atoms with Gasteiger partial charge in [-0.2, -0.15) is 30.0 Å². The SMILES string of the molecule is CSCCCn1cc(CCCO)c(C(F)(F)F)n1. The van der Waals surface area contributed by atoms with Crippen LogP contribution >= 0.6 is 11.8 Å². The van der Waals surface area contributed by atoms with E-state index in [1.54, 1.807) is 11.8 Å². The molecule has 104 valence electrons. The Hall–Kier alpha value is -0.690. The highest BCUT2D eigenvalue weighted by atomic mass is 32.2. The molecule has 7 heteroatoms. The van der Waals surface area contributed by atoms with Gasteiger partial charge in [0.15, 0.2) is 5.69 Å². The molecule has 0 spiro atoms. The van der Waals surface area contributed by atoms with Crippen LogP contribution in [-0.2, 0) is 19.1 Å². The number of hydrogen-bond donors (Lipinski definition) is 1. The summed E-state index contributed by atoms with van der Waals surface area (Å²) in [7, 11) is 0. The number of aryl methyl sites for hydroxylation is 2. The minimum Gasteiger partial charge on any atom is -0.396 e. The van der Waals surface area contributed by atoms with Crippen LogP contribution in [0.1, 0.15) is 24.1 Å². The summed E-state index contributed by atoms with van der Waals surface area (Å²) in [5.74, 6) is 0.896. The predicted molar refractivity (Wildman–Crippen MR) is 65.6 cm³/mol. The number of hydrogen-bond acceptors (Lipinski definition) is 3. The predicted octanol–water partition coefficient (Wildman–Crippen LogP) is 2.58. The van der Waals surface area contributed by atoms with Gasteiger partial charge in [-0.15, -0.1) is 0 Å². The van der Waals surface area contributed by atoms with Crippen molar-refractivity contribution >= 4 is 11.8 Å². The van der Waals surface area contributed by atoms with Crippen LogP contribution in [0.3, 0.4) is 0 Å². The summed E-state index contributed by atoms with van der Waals surface area (Å²) in [6.45, 7) is 0.373. The summed E-state index contributed by atoms with van der Waals surface area (Å²) in [6, 6.07) is 0. The van der Waals surface area contributed by atoms with Gasteiger partial charge in [0.25, 0.3) is 0 Å². The van der Waals surface area contributed by atoms with E-state index in [9.17, 15) is 13.2 Å². The van der Waals surface area contributed by atoms with Gasteiger partial charge in [0.1, 0.15) is 0 Å². The van der Waals surface area contributed by atoms with Gasteiger partial charge in [-0.25, -0.2) is 0 Å². The molecule has 1 heterocycles. The zero-order chi connectivity index (χ0) is 13.6. The second-order valence-corrected chi connectivity index (χ2v) is 4.92. The summed E-state index contributed by atoms with van der Waals surface area (Å²) >= 11 is 1.65. The average Bonchev–Trinajstić information content (AvgIpc) is 2.70. The number of aliphatic hydroxyl groups is 1. The lowest BCUT2D eigenvalue weighted by atomic mass is 10.1. The topological polar surface area (TPSA) is 38.0 Å². The van der Waals surface area contributed by atoms with E-state index in [-0.39, 0.29) is 18.6 Å². The molecule has 0 unspecified atom stereocenters. The Kier molecular flexibility index (Phi) is 6.01. The van der Waals surface area contributed by atoms with E-state index in [4.69, 9.17) is 5.11 Å². The first-order valence-electron chi connectivity index (χ1n) is 5.72. The summed E-state index contributed by atoms with van der Waals surface area (Å²) in [5.41, 5.74) is -0.652. The van der Waals surface area contributed by atoms with Crippen LogP contribution in [0.25, 0.3) is 0 Å². The number of aliphatic hydroxyl groups excluding tert-OH is 1. The van der Waals surface area contributed by atoms with Gasteiger partial charge in [0.05, 0.1) is 0 Å². The van der Waals surface area contributed by atoms with Crippen LogP contribution in [0.4, 0.5) is 13.2 Å². The molecule has 1 N–H and O–H groups in total. The number of halogens is 3. The van der Waals surface area contributed by atoms with E-state index in [0.717, 1.165) is 12.2 Å². The highest BCUT2D eigenvalue weighted by molar-refractivity contribution is 7.98. The smallest absolute Gasteiger partial charge is 0.396 e. The lowest BCUT2D eigenvalue weighted by molar-refractivity contribution is -0.142. The van der Waals surface area contributed by atoms with Gasteiger partial charge in [0.2, 0.25) is 0 Å². The molecule has 0 radical (unpaired) electrons. The molecule has 1 aromatic rings. The molecule has 0 aliphatic heterocycles. The highest BCUT2D eigenvalue weighted by Crippen LogP contribution is 2.31. The number of aromatic nitrogens is 2. The summed E-state index contributed by atoms with van der Waals surface area (Å²) in [4.78, 5) is 0. The van der Waals surface area contributed by atoms with Crippen LogP contribution in [-0.4, -0.2) is 33.5 Å². The summed E-state index contributed by atoms with van der Waals surface area (Å²) in [6.07, 6.45) is 0.290. The van der Waals surface area contributed by atoms with E-state index >= 15 is 0 Å². The molecule has 0 bridgehead atoms. The molecule has 0 fully saturated rings. The first-order chi connectivity index (χ1) is 8.49. The average molecular weight is 282 g/mol. The van der Waals surface area contributed by atoms with Crippen molar-refractivity contribution in [2.45, 2.75) is 32.0 Å². The van der Waals surface area contributed by atoms with Gasteiger partial charge in [-0.1, -0.05) is 0 Å². The molecule has 0 aliphatic carbocycles. The minimum atomic E-state index is -4.42. The van der Waals surface area contributed by atoms with E-state index in [1.165, 1.54) is 10.9 Å². The number of thioether (sulfide) groups is 1. The third-order valence-electron chi connectivity index (χ3n) is 2.45. The maximum atomic E-state index is 12.7. The van der Waals surface area contributed by atoms with Crippen molar-refractivity contribution in [2.24, 2.45) is 0 Å². The molecule has 0 amide bonds. The molecule has 3 nitrogen and oxygen atoms in total. The Morgan fingerprint density at radius 3 is 2.67 bits per heavy atom. The van der Waals surface area contributed by atoms with Crippen molar-refractivity contribution < 1.29 is 18.3 Å². The Morgan fingerprint density at radius 2 is 2.11 bits per heavy atom. The Bertz CT molecular complexity index is 366. The first-order valence-corrected chi connectivity index (χ1v) is 7.11. The monoisotopic (exact) mass is 282 g/mol. The quantitative estimate of drug-likeness (QED) is 0.781. The zero-order valence-corrected chi connectivity index (χ0v) is 11.0. The molecular formula is C11H17F3N2OS. The maximum absolute atomic E-state index is 12.7. The van der Waals surface area contributed by atoms with E-state index < -0.39 is 11.9 Å². The lowest BCUT2D eigenvalue weighted by Crippen LogP contribution is -2.10. The fraction of sp³-hybridized carbons (Fsp3) is 0.727. The largest absolute Gasteiger partial charge is 0.435 e. The van der Waals surface area contributed by atoms with Gasteiger partial charge in [-0.3, -0.25) is 4.68 Å². The van der Waals surface area contributed by atoms with Crippen LogP contribution in [0, 0.1) is 0 Å². The van der Waals surface area contributed by atoms with Crippen LogP contribution in [0.5, 0.6) is 0 Å². The first kappa shape index (κ1) is 15.4. The van der Waals surface area contributed by atoms with Crippen molar-refractivity contribution in [3.8, 4) is 0 Å². The molecule has 0 saturated heterocycles. The van der Waals surface area contributed by atoms with Crippen LogP contribution in [0.15, 0.2) is 6.20 Å². The van der Waals surface area contributed by atoms with Crippen molar-refractivity contribution in [2.75, 3.05) is 18.6 Å². The van der Waals surface area contributed by atoms with Gasteiger partial charge in [-0.05, 0) is 31.3 Å². The van der Waals surface area contributed by atoms with Crippen molar-refractivity contribution in [1.82, 2.24) is 9.78 Å². The third kappa shape index (κ3) is 4.53. The van der Waals surface area contributed by atoms with Crippen molar-refractivity contribution in [3.05, 3.63) is 17.5 Å². The minimum absolute atomic E-state index is 0.116. The number of nitrogens with zero attached hydrogens (tertiary/aromatic N) is 2. The molecule has 1 rings (SSSR count). The molecular weight excluding hydrogens is 265 g/mol. The summed E-state index contributed by atoms with van der Waals surface area (Å²) < 4.78 is 39.6. The summed E-state index contributed by atoms with van der Waals surface area (Å²) in [5, 5.41) is 12.3. The Morgan fingerprint density at radius 1 is 1.39 bits per heavy atom. The van der Waals surface area contributed by atoms with E-state index in [2.05, 4.69) is 5.10 Å². The maximum Gasteiger partial charge on any atom is 0.435 e. The standard InChI is InChI=1S/C11H17F3N2OS/c1-18-7-3-5-16-8-9(4-2-6-17)10(15-16)11(12,13)14/h8,17H,2-7H2,1H3. The second-order valence-electron chi connectivity index (χ2n) is 3.94. The third-order valence-corrected chi connectivity index (χ3v) is 3.14. The fourth-order valence-electron chi connectivity index (χ4n) is 1.64. The Balaban J connectivity index is 2.79. The van der Waals surface area contributed by atoms with Gasteiger partial charge >= 0.3 is 6.18 Å². The van der Waals surface area contributed by atoms with Gasteiger partial charge < -0.3 is 5.11 Å². The molecule has 0 aliphatic rings. The lowest BCUT2D eigenvalue weighted by Gasteiger charge is -2.04. The Labute approximate surface area is 108 Å². The van der Waals surface area contributed by atoms with E-state index in [0.29, 0.717) is 13.0 Å². The molecule has 0 saturated carbocycles. The molecule has 0 aromatic carbocycles. The zero-order valence-electron chi connectivity index (χ0n) is 10.2. The van der Waals surface area contributed by atoms with Crippen molar-refractivity contribution in [1.29, 1.82) is 0 Å². The normalized spacial score (nSPS) is 12.1.